The van der Waals surface area contributed by atoms with Gasteiger partial charge in [0.1, 0.15) is 11.6 Å². The molecule has 0 spiro atoms. The first kappa shape index (κ1) is 12.6. The van der Waals surface area contributed by atoms with Crippen LogP contribution in [0.15, 0.2) is 36.7 Å². The van der Waals surface area contributed by atoms with Crippen LogP contribution in [-0.4, -0.2) is 23.6 Å². The van der Waals surface area contributed by atoms with E-state index in [1.54, 1.807) is 6.20 Å². The summed E-state index contributed by atoms with van der Waals surface area (Å²) < 4.78 is 5.44. The highest BCUT2D eigenvalue weighted by atomic mass is 16.5. The fourth-order valence-electron chi connectivity index (χ4n) is 1.95. The van der Waals surface area contributed by atoms with Gasteiger partial charge in [-0.1, -0.05) is 12.1 Å². The second kappa shape index (κ2) is 6.21. The molecule has 2 N–H and O–H groups in total. The number of aromatic nitrogens is 2. The average molecular weight is 245 g/mol. The van der Waals surface area contributed by atoms with E-state index in [-0.39, 0.29) is 6.04 Å². The number of hydrogen-bond acceptors (Lipinski definition) is 3. The number of H-pyrrole nitrogens is 1. The third kappa shape index (κ3) is 3.11. The minimum absolute atomic E-state index is 0.256. The zero-order chi connectivity index (χ0) is 12.8. The predicted molar refractivity (Wildman–Crippen MR) is 71.7 cm³/mol. The Morgan fingerprint density at radius 3 is 2.67 bits per heavy atom. The average Bonchev–Trinajstić information content (AvgIpc) is 2.90. The Kier molecular flexibility index (Phi) is 4.36. The number of nitrogens with zero attached hydrogens (tertiary/aromatic N) is 1. The molecule has 1 aromatic heterocycles. The minimum Gasteiger partial charge on any atom is -0.494 e. The van der Waals surface area contributed by atoms with Crippen LogP contribution < -0.4 is 10.1 Å². The van der Waals surface area contributed by atoms with Gasteiger partial charge in [-0.3, -0.25) is 0 Å². The van der Waals surface area contributed by atoms with E-state index in [0.717, 1.165) is 18.0 Å². The summed E-state index contributed by atoms with van der Waals surface area (Å²) in [7, 11) is 1.96. The molecule has 2 aromatic rings. The van der Waals surface area contributed by atoms with Gasteiger partial charge in [-0.25, -0.2) is 4.98 Å². The first-order valence-corrected chi connectivity index (χ1v) is 6.21. The third-order valence-electron chi connectivity index (χ3n) is 2.89. The largest absolute Gasteiger partial charge is 0.494 e. The molecule has 0 aliphatic carbocycles. The summed E-state index contributed by atoms with van der Waals surface area (Å²) in [5.74, 6) is 1.90. The molecule has 0 radical (unpaired) electrons. The normalized spacial score (nSPS) is 12.3. The van der Waals surface area contributed by atoms with Gasteiger partial charge in [-0.05, 0) is 31.7 Å². The molecule has 0 saturated heterocycles. The second-order valence-corrected chi connectivity index (χ2v) is 4.08. The van der Waals surface area contributed by atoms with Gasteiger partial charge < -0.3 is 15.0 Å². The van der Waals surface area contributed by atoms with Gasteiger partial charge >= 0.3 is 0 Å². The third-order valence-corrected chi connectivity index (χ3v) is 2.89. The van der Waals surface area contributed by atoms with E-state index in [9.17, 15) is 0 Å². The van der Waals surface area contributed by atoms with Crippen molar-refractivity contribution in [3.63, 3.8) is 0 Å². The van der Waals surface area contributed by atoms with Crippen LogP contribution in [0.3, 0.4) is 0 Å². The molecule has 0 saturated carbocycles. The van der Waals surface area contributed by atoms with Gasteiger partial charge in [0.15, 0.2) is 0 Å². The van der Waals surface area contributed by atoms with Gasteiger partial charge in [0.05, 0.1) is 6.61 Å². The predicted octanol–water partition coefficient (Wildman–Crippen LogP) is 2.31. The van der Waals surface area contributed by atoms with Crippen LogP contribution in [0.5, 0.6) is 5.75 Å². The van der Waals surface area contributed by atoms with Crippen molar-refractivity contribution in [2.24, 2.45) is 0 Å². The molecule has 0 aliphatic rings. The van der Waals surface area contributed by atoms with E-state index in [1.807, 2.05) is 32.3 Å². The molecule has 4 heteroatoms. The van der Waals surface area contributed by atoms with E-state index in [2.05, 4.69) is 27.4 Å². The van der Waals surface area contributed by atoms with Crippen LogP contribution in [-0.2, 0) is 6.42 Å². The summed E-state index contributed by atoms with van der Waals surface area (Å²) in [6.45, 7) is 2.68. The molecule has 1 atom stereocenters. The van der Waals surface area contributed by atoms with Gasteiger partial charge in [-0.2, -0.15) is 0 Å². The first-order valence-electron chi connectivity index (χ1n) is 6.21. The molecule has 0 aliphatic heterocycles. The number of imidazole rings is 1. The zero-order valence-corrected chi connectivity index (χ0v) is 10.8. The van der Waals surface area contributed by atoms with Crippen LogP contribution in [0.1, 0.15) is 24.4 Å². The minimum atomic E-state index is 0.256. The molecule has 1 aromatic carbocycles. The summed E-state index contributed by atoms with van der Waals surface area (Å²) in [5, 5.41) is 3.31. The Hall–Kier alpha value is -1.81. The zero-order valence-electron chi connectivity index (χ0n) is 10.8. The molecule has 1 heterocycles. The molecule has 18 heavy (non-hydrogen) atoms. The SMILES string of the molecule is CCOc1ccc(C(Cc2ncc[nH]2)NC)cc1. The van der Waals surface area contributed by atoms with Crippen molar-refractivity contribution in [3.8, 4) is 5.75 Å². The number of rotatable bonds is 6. The van der Waals surface area contributed by atoms with Crippen molar-refractivity contribution >= 4 is 0 Å². The Morgan fingerprint density at radius 2 is 2.11 bits per heavy atom. The lowest BCUT2D eigenvalue weighted by atomic mass is 10.0. The number of benzene rings is 1. The summed E-state index contributed by atoms with van der Waals surface area (Å²) >= 11 is 0. The fourth-order valence-corrected chi connectivity index (χ4v) is 1.95. The molecular weight excluding hydrogens is 226 g/mol. The number of hydrogen-bond donors (Lipinski definition) is 2. The van der Waals surface area contributed by atoms with E-state index >= 15 is 0 Å². The van der Waals surface area contributed by atoms with E-state index < -0.39 is 0 Å². The maximum absolute atomic E-state index is 5.44. The molecule has 4 nitrogen and oxygen atoms in total. The highest BCUT2D eigenvalue weighted by Crippen LogP contribution is 2.20. The van der Waals surface area contributed by atoms with E-state index in [4.69, 9.17) is 4.74 Å². The molecule has 2 rings (SSSR count). The van der Waals surface area contributed by atoms with Crippen molar-refractivity contribution in [1.29, 1.82) is 0 Å². The van der Waals surface area contributed by atoms with E-state index in [0.29, 0.717) is 6.61 Å². The quantitative estimate of drug-likeness (QED) is 0.821. The van der Waals surface area contributed by atoms with Crippen LogP contribution in [0, 0.1) is 0 Å². The Balaban J connectivity index is 2.07. The summed E-state index contributed by atoms with van der Waals surface area (Å²) in [6, 6.07) is 8.45. The molecule has 0 amide bonds. The summed E-state index contributed by atoms with van der Waals surface area (Å²) in [4.78, 5) is 7.38. The van der Waals surface area contributed by atoms with E-state index in [1.165, 1.54) is 5.56 Å². The Morgan fingerprint density at radius 1 is 1.33 bits per heavy atom. The van der Waals surface area contributed by atoms with Crippen LogP contribution >= 0.6 is 0 Å². The number of aromatic amines is 1. The smallest absolute Gasteiger partial charge is 0.119 e. The highest BCUT2D eigenvalue weighted by molar-refractivity contribution is 5.29. The van der Waals surface area contributed by atoms with Gasteiger partial charge in [0, 0.05) is 24.9 Å². The van der Waals surface area contributed by atoms with Crippen LogP contribution in [0.4, 0.5) is 0 Å². The second-order valence-electron chi connectivity index (χ2n) is 4.08. The molecular formula is C14H19N3O. The maximum Gasteiger partial charge on any atom is 0.119 e. The topological polar surface area (TPSA) is 49.9 Å². The van der Waals surface area contributed by atoms with Crippen molar-refractivity contribution in [3.05, 3.63) is 48.0 Å². The molecule has 0 bridgehead atoms. The summed E-state index contributed by atoms with van der Waals surface area (Å²) in [5.41, 5.74) is 1.23. The highest BCUT2D eigenvalue weighted by Gasteiger charge is 2.11. The van der Waals surface area contributed by atoms with Crippen LogP contribution in [0.2, 0.25) is 0 Å². The molecule has 96 valence electrons. The van der Waals surface area contributed by atoms with Crippen molar-refractivity contribution < 1.29 is 4.74 Å². The number of ether oxygens (including phenoxy) is 1. The van der Waals surface area contributed by atoms with Crippen molar-refractivity contribution in [2.75, 3.05) is 13.7 Å². The monoisotopic (exact) mass is 245 g/mol. The standard InChI is InChI=1S/C14H19N3O/c1-3-18-12-6-4-11(5-7-12)13(15-2)10-14-16-8-9-17-14/h4-9,13,15H,3,10H2,1-2H3,(H,16,17). The number of likely N-dealkylation sites (N-methyl/N-ethyl adjacent to an activating group) is 1. The van der Waals surface area contributed by atoms with Crippen LogP contribution in [0.25, 0.3) is 0 Å². The lowest BCUT2D eigenvalue weighted by molar-refractivity contribution is 0.340. The maximum atomic E-state index is 5.44. The van der Waals surface area contributed by atoms with Gasteiger partial charge in [0.2, 0.25) is 0 Å². The molecule has 1 unspecified atom stereocenters. The fraction of sp³-hybridized carbons (Fsp3) is 0.357. The lowest BCUT2D eigenvalue weighted by Gasteiger charge is -2.16. The summed E-state index contributed by atoms with van der Waals surface area (Å²) in [6.07, 6.45) is 4.47. The Labute approximate surface area is 107 Å². The lowest BCUT2D eigenvalue weighted by Crippen LogP contribution is -2.19. The van der Waals surface area contributed by atoms with Gasteiger partial charge in [0.25, 0.3) is 0 Å². The van der Waals surface area contributed by atoms with Crippen molar-refractivity contribution in [1.82, 2.24) is 15.3 Å². The first-order chi connectivity index (χ1) is 8.83. The Bertz CT molecular complexity index is 450. The number of nitrogens with one attached hydrogen (secondary N) is 2. The van der Waals surface area contributed by atoms with Gasteiger partial charge in [-0.15, -0.1) is 0 Å². The van der Waals surface area contributed by atoms with Crippen molar-refractivity contribution in [2.45, 2.75) is 19.4 Å². The molecule has 0 fully saturated rings.